The average Bonchev–Trinajstić information content (AvgIpc) is 3.21. The summed E-state index contributed by atoms with van der Waals surface area (Å²) in [6.07, 6.45) is 8.66. The molecule has 1 atom stereocenters. The lowest BCUT2D eigenvalue weighted by Crippen LogP contribution is -2.37. The van der Waals surface area contributed by atoms with E-state index in [0.29, 0.717) is 24.7 Å². The van der Waals surface area contributed by atoms with Crippen molar-refractivity contribution in [3.05, 3.63) is 12.4 Å². The first-order chi connectivity index (χ1) is 11.0. The molecule has 0 spiro atoms. The van der Waals surface area contributed by atoms with Crippen LogP contribution in [-0.2, 0) is 11.8 Å². The summed E-state index contributed by atoms with van der Waals surface area (Å²) in [5, 5.41) is 6.85. The molecule has 1 saturated heterocycles. The van der Waals surface area contributed by atoms with Crippen LogP contribution in [0.15, 0.2) is 12.4 Å². The Morgan fingerprint density at radius 2 is 2.17 bits per heavy atom. The molecule has 2 heterocycles. The number of rotatable bonds is 4. The summed E-state index contributed by atoms with van der Waals surface area (Å²) in [6.45, 7) is 1.38. The van der Waals surface area contributed by atoms with Crippen molar-refractivity contribution in [1.29, 1.82) is 0 Å². The molecule has 0 radical (unpaired) electrons. The van der Waals surface area contributed by atoms with Crippen LogP contribution in [0.25, 0.3) is 0 Å². The molecule has 1 aromatic heterocycles. The van der Waals surface area contributed by atoms with Crippen molar-refractivity contribution in [3.63, 3.8) is 0 Å². The minimum absolute atomic E-state index is 0.162. The molecule has 7 nitrogen and oxygen atoms in total. The molecule has 0 unspecified atom stereocenters. The Morgan fingerprint density at radius 3 is 2.83 bits per heavy atom. The second-order valence-electron chi connectivity index (χ2n) is 6.77. The first-order valence-corrected chi connectivity index (χ1v) is 8.33. The monoisotopic (exact) mass is 319 g/mol. The van der Waals surface area contributed by atoms with Crippen LogP contribution in [-0.4, -0.2) is 57.7 Å². The number of hydrogen-bond donors (Lipinski definition) is 1. The van der Waals surface area contributed by atoms with Crippen molar-refractivity contribution < 1.29 is 9.59 Å². The number of nitrogens with one attached hydrogen (secondary N) is 1. The summed E-state index contributed by atoms with van der Waals surface area (Å²) < 4.78 is 1.64. The van der Waals surface area contributed by atoms with Gasteiger partial charge in [0.25, 0.3) is 0 Å². The summed E-state index contributed by atoms with van der Waals surface area (Å²) in [6, 6.07) is 0.270. The zero-order valence-corrected chi connectivity index (χ0v) is 13.9. The highest BCUT2D eigenvalue weighted by molar-refractivity contribution is 5.89. The quantitative estimate of drug-likeness (QED) is 0.918. The largest absolute Gasteiger partial charge is 0.339 e. The molecule has 1 saturated carbocycles. The topological polar surface area (TPSA) is 70.5 Å². The Kier molecular flexibility index (Phi) is 4.54. The predicted octanol–water partition coefficient (Wildman–Crippen LogP) is 1.67. The fourth-order valence-corrected chi connectivity index (χ4v) is 3.67. The molecule has 0 bridgehead atoms. The lowest BCUT2D eigenvalue weighted by atomic mass is 10.1. The standard InChI is InChI=1S/C16H25N5O2/c1-19(16(23)18-13-8-17-20(2)11-13)9-12-7-15(22)21(10-12)14-5-3-4-6-14/h8,11-12,14H,3-7,9-10H2,1-2H3,(H,18,23)/t12-/m0/s1. The van der Waals surface area contributed by atoms with Crippen LogP contribution in [0.3, 0.4) is 0 Å². The summed E-state index contributed by atoms with van der Waals surface area (Å²) >= 11 is 0. The third kappa shape index (κ3) is 3.65. The van der Waals surface area contributed by atoms with Gasteiger partial charge in [-0.2, -0.15) is 5.10 Å². The van der Waals surface area contributed by atoms with Gasteiger partial charge in [0, 0.05) is 51.8 Å². The van der Waals surface area contributed by atoms with E-state index >= 15 is 0 Å². The third-order valence-corrected chi connectivity index (χ3v) is 4.84. The van der Waals surface area contributed by atoms with Crippen LogP contribution in [0.5, 0.6) is 0 Å². The van der Waals surface area contributed by atoms with Gasteiger partial charge in [0.1, 0.15) is 0 Å². The molecule has 2 aliphatic rings. The Balaban J connectivity index is 1.50. The molecular formula is C16H25N5O2. The molecule has 126 valence electrons. The highest BCUT2D eigenvalue weighted by Gasteiger charge is 2.36. The second-order valence-corrected chi connectivity index (χ2v) is 6.77. The van der Waals surface area contributed by atoms with Crippen LogP contribution in [0.4, 0.5) is 10.5 Å². The first kappa shape index (κ1) is 15.8. The molecule has 1 aromatic rings. The van der Waals surface area contributed by atoms with Gasteiger partial charge in [0.05, 0.1) is 11.9 Å². The minimum Gasteiger partial charge on any atom is -0.339 e. The maximum Gasteiger partial charge on any atom is 0.321 e. The van der Waals surface area contributed by atoms with Crippen LogP contribution >= 0.6 is 0 Å². The van der Waals surface area contributed by atoms with Crippen LogP contribution in [0.1, 0.15) is 32.1 Å². The number of carbonyl (C=O) groups is 2. The zero-order valence-electron chi connectivity index (χ0n) is 13.9. The van der Waals surface area contributed by atoms with Gasteiger partial charge in [-0.15, -0.1) is 0 Å². The van der Waals surface area contributed by atoms with E-state index in [2.05, 4.69) is 10.4 Å². The Bertz CT molecular complexity index is 579. The molecule has 1 N–H and O–H groups in total. The number of likely N-dealkylation sites (tertiary alicyclic amines) is 1. The van der Waals surface area contributed by atoms with Gasteiger partial charge in [0.15, 0.2) is 0 Å². The number of urea groups is 1. The van der Waals surface area contributed by atoms with Crippen molar-refractivity contribution in [3.8, 4) is 0 Å². The van der Waals surface area contributed by atoms with Gasteiger partial charge < -0.3 is 15.1 Å². The van der Waals surface area contributed by atoms with E-state index < -0.39 is 0 Å². The van der Waals surface area contributed by atoms with Crippen molar-refractivity contribution in [2.45, 2.75) is 38.1 Å². The van der Waals surface area contributed by atoms with Crippen molar-refractivity contribution >= 4 is 17.6 Å². The molecular weight excluding hydrogens is 294 g/mol. The highest BCUT2D eigenvalue weighted by atomic mass is 16.2. The number of aryl methyl sites for hydroxylation is 1. The Morgan fingerprint density at radius 1 is 1.43 bits per heavy atom. The fourth-order valence-electron chi connectivity index (χ4n) is 3.67. The number of anilines is 1. The number of hydrogen-bond acceptors (Lipinski definition) is 3. The van der Waals surface area contributed by atoms with Gasteiger partial charge in [-0.05, 0) is 12.8 Å². The third-order valence-electron chi connectivity index (χ3n) is 4.84. The fraction of sp³-hybridized carbons (Fsp3) is 0.688. The highest BCUT2D eigenvalue weighted by Crippen LogP contribution is 2.29. The van der Waals surface area contributed by atoms with Crippen molar-refractivity contribution in [2.75, 3.05) is 25.5 Å². The van der Waals surface area contributed by atoms with E-state index in [4.69, 9.17) is 0 Å². The molecule has 0 aromatic carbocycles. The Labute approximate surface area is 136 Å². The van der Waals surface area contributed by atoms with E-state index in [-0.39, 0.29) is 17.9 Å². The van der Waals surface area contributed by atoms with Gasteiger partial charge in [-0.1, -0.05) is 12.8 Å². The average molecular weight is 319 g/mol. The zero-order chi connectivity index (χ0) is 16.4. The number of amides is 3. The molecule has 2 fully saturated rings. The summed E-state index contributed by atoms with van der Waals surface area (Å²) in [5.41, 5.74) is 0.680. The molecule has 3 amide bonds. The summed E-state index contributed by atoms with van der Waals surface area (Å²) in [7, 11) is 3.58. The van der Waals surface area contributed by atoms with Gasteiger partial charge in [-0.3, -0.25) is 9.48 Å². The van der Waals surface area contributed by atoms with Gasteiger partial charge >= 0.3 is 6.03 Å². The van der Waals surface area contributed by atoms with E-state index in [1.54, 1.807) is 36.1 Å². The van der Waals surface area contributed by atoms with Gasteiger partial charge in [-0.25, -0.2) is 4.79 Å². The Hall–Kier alpha value is -2.05. The molecule has 1 aliphatic carbocycles. The summed E-state index contributed by atoms with van der Waals surface area (Å²) in [4.78, 5) is 28.1. The minimum atomic E-state index is -0.162. The number of carbonyl (C=O) groups excluding carboxylic acids is 2. The predicted molar refractivity (Wildman–Crippen MR) is 86.9 cm³/mol. The molecule has 7 heteroatoms. The lowest BCUT2D eigenvalue weighted by Gasteiger charge is -2.25. The molecule has 1 aliphatic heterocycles. The molecule has 23 heavy (non-hydrogen) atoms. The van der Waals surface area contributed by atoms with Crippen LogP contribution in [0.2, 0.25) is 0 Å². The van der Waals surface area contributed by atoms with Crippen LogP contribution in [0, 0.1) is 5.92 Å². The maximum atomic E-state index is 12.2. The van der Waals surface area contributed by atoms with E-state index in [0.717, 1.165) is 19.4 Å². The van der Waals surface area contributed by atoms with E-state index in [9.17, 15) is 9.59 Å². The second kappa shape index (κ2) is 6.60. The van der Waals surface area contributed by atoms with Gasteiger partial charge in [0.2, 0.25) is 5.91 Å². The lowest BCUT2D eigenvalue weighted by molar-refractivity contribution is -0.129. The van der Waals surface area contributed by atoms with Crippen LogP contribution < -0.4 is 5.32 Å². The first-order valence-electron chi connectivity index (χ1n) is 8.33. The molecule has 3 rings (SSSR count). The smallest absolute Gasteiger partial charge is 0.321 e. The SMILES string of the molecule is CN(C[C@@H]1CC(=O)N(C2CCCC2)C1)C(=O)Nc1cnn(C)c1. The van der Waals surface area contributed by atoms with Crippen molar-refractivity contribution in [1.82, 2.24) is 19.6 Å². The normalized spacial score (nSPS) is 21.9. The van der Waals surface area contributed by atoms with E-state index in [1.165, 1.54) is 12.8 Å². The van der Waals surface area contributed by atoms with Crippen molar-refractivity contribution in [2.24, 2.45) is 13.0 Å². The number of aromatic nitrogens is 2. The maximum absolute atomic E-state index is 12.2. The summed E-state index contributed by atoms with van der Waals surface area (Å²) in [5.74, 6) is 0.482. The van der Waals surface area contributed by atoms with E-state index in [1.807, 2.05) is 4.90 Å². The number of nitrogens with zero attached hydrogens (tertiary/aromatic N) is 4.